The summed E-state index contributed by atoms with van der Waals surface area (Å²) in [5, 5.41) is 11.2. The van der Waals surface area contributed by atoms with Crippen LogP contribution >= 0.6 is 0 Å². The summed E-state index contributed by atoms with van der Waals surface area (Å²) < 4.78 is 40.8. The van der Waals surface area contributed by atoms with Crippen LogP contribution in [0.2, 0.25) is 0 Å². The number of benzene rings is 2. The van der Waals surface area contributed by atoms with E-state index in [1.807, 2.05) is 0 Å². The summed E-state index contributed by atoms with van der Waals surface area (Å²) >= 11 is 0. The van der Waals surface area contributed by atoms with Crippen molar-refractivity contribution >= 4 is 21.4 Å². The molecule has 0 N–H and O–H groups in total. The highest BCUT2D eigenvalue weighted by atomic mass is 32.2. The summed E-state index contributed by atoms with van der Waals surface area (Å²) in [5.41, 5.74) is 0.475. The molecular formula is C16H15FN2O4S. The Morgan fingerprint density at radius 3 is 2.67 bits per heavy atom. The zero-order valence-corrected chi connectivity index (χ0v) is 13.7. The van der Waals surface area contributed by atoms with Gasteiger partial charge in [0.1, 0.15) is 5.82 Å². The number of rotatable bonds is 3. The first-order valence-corrected chi connectivity index (χ1v) is 8.82. The molecule has 8 heteroatoms. The molecule has 0 saturated carbocycles. The van der Waals surface area contributed by atoms with Gasteiger partial charge >= 0.3 is 0 Å². The molecule has 0 spiro atoms. The lowest BCUT2D eigenvalue weighted by Crippen LogP contribution is -2.42. The number of fused-ring (bicyclic) bond motifs is 1. The van der Waals surface area contributed by atoms with Crippen molar-refractivity contribution < 1.29 is 17.7 Å². The molecule has 0 fully saturated rings. The van der Waals surface area contributed by atoms with Crippen LogP contribution in [0.25, 0.3) is 0 Å². The van der Waals surface area contributed by atoms with E-state index in [2.05, 4.69) is 0 Å². The Bertz CT molecular complexity index is 914. The monoisotopic (exact) mass is 350 g/mol. The second-order valence-corrected chi connectivity index (χ2v) is 7.47. The van der Waals surface area contributed by atoms with Crippen LogP contribution in [-0.4, -0.2) is 19.4 Å². The van der Waals surface area contributed by atoms with Gasteiger partial charge in [-0.1, -0.05) is 12.1 Å². The zero-order chi connectivity index (χ0) is 17.5. The average Bonchev–Trinajstić information content (AvgIpc) is 2.54. The number of nitro benzene ring substituents is 1. The molecule has 3 rings (SSSR count). The summed E-state index contributed by atoms with van der Waals surface area (Å²) in [6.07, 6.45) is 1.06. The lowest BCUT2D eigenvalue weighted by atomic mass is 9.99. The maximum Gasteiger partial charge on any atom is 0.289 e. The third kappa shape index (κ3) is 2.62. The molecular weight excluding hydrogens is 335 g/mol. The topological polar surface area (TPSA) is 80.5 Å². The lowest BCUT2D eigenvalue weighted by molar-refractivity contribution is -0.387. The van der Waals surface area contributed by atoms with E-state index >= 15 is 0 Å². The van der Waals surface area contributed by atoms with Crippen LogP contribution in [0.3, 0.4) is 0 Å². The largest absolute Gasteiger partial charge is 0.289 e. The van der Waals surface area contributed by atoms with Gasteiger partial charge in [0.2, 0.25) is 0 Å². The Kier molecular flexibility index (Phi) is 4.00. The van der Waals surface area contributed by atoms with Gasteiger partial charge in [0, 0.05) is 12.1 Å². The number of nitro groups is 1. The Morgan fingerprint density at radius 1 is 1.25 bits per heavy atom. The van der Waals surface area contributed by atoms with E-state index in [-0.39, 0.29) is 10.9 Å². The van der Waals surface area contributed by atoms with E-state index in [9.17, 15) is 22.9 Å². The van der Waals surface area contributed by atoms with Gasteiger partial charge in [-0.3, -0.25) is 14.4 Å². The first kappa shape index (κ1) is 16.4. The van der Waals surface area contributed by atoms with Crippen molar-refractivity contribution in [3.05, 3.63) is 64.0 Å². The first-order valence-electron chi connectivity index (χ1n) is 7.38. The van der Waals surface area contributed by atoms with E-state index < -0.39 is 26.5 Å². The SMILES string of the molecule is C[C@H]1CCc2cc(F)ccc2N1S(=O)(=O)c1ccccc1[N+](=O)[O-]. The van der Waals surface area contributed by atoms with Gasteiger partial charge < -0.3 is 0 Å². The number of anilines is 1. The number of aryl methyl sites for hydroxylation is 1. The van der Waals surface area contributed by atoms with Gasteiger partial charge in [-0.25, -0.2) is 12.8 Å². The predicted molar refractivity (Wildman–Crippen MR) is 86.9 cm³/mol. The second-order valence-electron chi connectivity index (χ2n) is 5.69. The van der Waals surface area contributed by atoms with Crippen molar-refractivity contribution in [1.82, 2.24) is 0 Å². The van der Waals surface area contributed by atoms with E-state index in [1.54, 1.807) is 6.92 Å². The second kappa shape index (κ2) is 5.86. The Labute approximate surface area is 138 Å². The van der Waals surface area contributed by atoms with Crippen LogP contribution in [0.5, 0.6) is 0 Å². The predicted octanol–water partition coefficient (Wildman–Crippen LogP) is 3.26. The minimum Gasteiger partial charge on any atom is -0.263 e. The summed E-state index contributed by atoms with van der Waals surface area (Å²) in [6, 6.07) is 8.77. The van der Waals surface area contributed by atoms with Crippen LogP contribution in [0.15, 0.2) is 47.4 Å². The molecule has 1 atom stereocenters. The van der Waals surface area contributed by atoms with Crippen molar-refractivity contribution in [3.63, 3.8) is 0 Å². The van der Waals surface area contributed by atoms with E-state index in [0.29, 0.717) is 24.1 Å². The normalized spacial score (nSPS) is 17.4. The van der Waals surface area contributed by atoms with Crippen LogP contribution in [0.1, 0.15) is 18.9 Å². The number of halogens is 1. The van der Waals surface area contributed by atoms with Gasteiger partial charge in [0.15, 0.2) is 4.90 Å². The minimum atomic E-state index is -4.14. The fourth-order valence-electron chi connectivity index (χ4n) is 2.99. The van der Waals surface area contributed by atoms with Gasteiger partial charge in [0.05, 0.1) is 10.6 Å². The van der Waals surface area contributed by atoms with Gasteiger partial charge in [-0.15, -0.1) is 0 Å². The Morgan fingerprint density at radius 2 is 1.96 bits per heavy atom. The maximum atomic E-state index is 13.5. The Hall–Kier alpha value is -2.48. The maximum absolute atomic E-state index is 13.5. The molecule has 24 heavy (non-hydrogen) atoms. The van der Waals surface area contributed by atoms with Gasteiger partial charge in [-0.05, 0) is 49.6 Å². The molecule has 0 saturated heterocycles. The average molecular weight is 350 g/mol. The van der Waals surface area contributed by atoms with Crippen molar-refractivity contribution in [2.45, 2.75) is 30.7 Å². The Balaban J connectivity index is 2.20. The third-order valence-corrected chi connectivity index (χ3v) is 6.09. The fourth-order valence-corrected chi connectivity index (χ4v) is 4.87. The van der Waals surface area contributed by atoms with Crippen molar-refractivity contribution in [1.29, 1.82) is 0 Å². The van der Waals surface area contributed by atoms with Crippen LogP contribution in [-0.2, 0) is 16.4 Å². The molecule has 126 valence electrons. The molecule has 0 radical (unpaired) electrons. The summed E-state index contributed by atoms with van der Waals surface area (Å²) in [6.45, 7) is 1.73. The molecule has 1 aliphatic heterocycles. The van der Waals surface area contributed by atoms with E-state index in [1.165, 1.54) is 36.4 Å². The molecule has 0 aliphatic carbocycles. The standard InChI is InChI=1S/C16H15FN2O4S/c1-11-6-7-12-10-13(17)8-9-14(12)18(11)24(22,23)16-5-3-2-4-15(16)19(20)21/h2-5,8-11H,6-7H2,1H3/t11-/m0/s1. The van der Waals surface area contributed by atoms with Crippen LogP contribution in [0.4, 0.5) is 15.8 Å². The summed E-state index contributed by atoms with van der Waals surface area (Å²) in [4.78, 5) is 10.1. The summed E-state index contributed by atoms with van der Waals surface area (Å²) in [7, 11) is -4.14. The van der Waals surface area contributed by atoms with Crippen LogP contribution < -0.4 is 4.31 Å². The highest BCUT2D eigenvalue weighted by molar-refractivity contribution is 7.93. The first-order chi connectivity index (χ1) is 11.3. The molecule has 0 amide bonds. The molecule has 2 aromatic rings. The highest BCUT2D eigenvalue weighted by Crippen LogP contribution is 2.37. The minimum absolute atomic E-state index is 0.362. The van der Waals surface area contributed by atoms with Crippen molar-refractivity contribution in [2.75, 3.05) is 4.31 Å². The zero-order valence-electron chi connectivity index (χ0n) is 12.8. The molecule has 0 bridgehead atoms. The highest BCUT2D eigenvalue weighted by Gasteiger charge is 2.37. The van der Waals surface area contributed by atoms with E-state index in [4.69, 9.17) is 0 Å². The van der Waals surface area contributed by atoms with Gasteiger partial charge in [0.25, 0.3) is 15.7 Å². The van der Waals surface area contributed by atoms with Crippen LogP contribution in [0, 0.1) is 15.9 Å². The number of hydrogen-bond acceptors (Lipinski definition) is 4. The van der Waals surface area contributed by atoms with Gasteiger partial charge in [-0.2, -0.15) is 0 Å². The molecule has 6 nitrogen and oxygen atoms in total. The molecule has 1 aliphatic rings. The van der Waals surface area contributed by atoms with E-state index in [0.717, 1.165) is 10.4 Å². The fraction of sp³-hybridized carbons (Fsp3) is 0.250. The number of nitrogens with zero attached hydrogens (tertiary/aromatic N) is 2. The molecule has 0 aromatic heterocycles. The quantitative estimate of drug-likeness (QED) is 0.628. The number of hydrogen-bond donors (Lipinski definition) is 0. The summed E-state index contributed by atoms with van der Waals surface area (Å²) in [5.74, 6) is -0.439. The smallest absolute Gasteiger partial charge is 0.263 e. The molecule has 0 unspecified atom stereocenters. The molecule has 2 aromatic carbocycles. The van der Waals surface area contributed by atoms with Crippen molar-refractivity contribution in [3.8, 4) is 0 Å². The van der Waals surface area contributed by atoms with Crippen molar-refractivity contribution in [2.24, 2.45) is 0 Å². The number of sulfonamides is 1. The molecule has 1 heterocycles. The lowest BCUT2D eigenvalue weighted by Gasteiger charge is -2.35. The third-order valence-electron chi connectivity index (χ3n) is 4.11. The number of para-hydroxylation sites is 1.